The van der Waals surface area contributed by atoms with Crippen LogP contribution in [-0.2, 0) is 9.59 Å². The van der Waals surface area contributed by atoms with Gasteiger partial charge in [-0.2, -0.15) is 0 Å². The van der Waals surface area contributed by atoms with E-state index in [4.69, 9.17) is 0 Å². The van der Waals surface area contributed by atoms with Gasteiger partial charge in [0, 0.05) is 37.9 Å². The molecule has 4 bridgehead atoms. The van der Waals surface area contributed by atoms with Crippen molar-refractivity contribution in [2.75, 3.05) is 13.1 Å². The normalized spacial score (nSPS) is 28.9. The van der Waals surface area contributed by atoms with E-state index in [0.717, 1.165) is 23.3 Å². The minimum absolute atomic E-state index is 0.0194. The second-order valence-corrected chi connectivity index (χ2v) is 10.1. The first-order valence-corrected chi connectivity index (χ1v) is 11.5. The maximum absolute atomic E-state index is 12.5. The average Bonchev–Trinajstić information content (AvgIpc) is 2.68. The molecule has 0 radical (unpaired) electrons. The summed E-state index contributed by atoms with van der Waals surface area (Å²) in [4.78, 5) is 36.6. The highest BCUT2D eigenvalue weighted by molar-refractivity contribution is 5.97. The van der Waals surface area contributed by atoms with Crippen LogP contribution in [0, 0.1) is 30.1 Å². The Morgan fingerprint density at radius 3 is 1.93 bits per heavy atom. The van der Waals surface area contributed by atoms with Crippen molar-refractivity contribution in [1.29, 1.82) is 0 Å². The zero-order valence-corrected chi connectivity index (χ0v) is 18.0. The number of amides is 2. The number of hydrogen-bond donors (Lipinski definition) is 2. The van der Waals surface area contributed by atoms with Crippen LogP contribution < -0.4 is 10.6 Å². The number of ketones is 1. The number of rotatable bonds is 9. The lowest BCUT2D eigenvalue weighted by Crippen LogP contribution is -2.48. The van der Waals surface area contributed by atoms with Gasteiger partial charge in [0.1, 0.15) is 0 Å². The van der Waals surface area contributed by atoms with Crippen molar-refractivity contribution in [3.8, 4) is 0 Å². The molecule has 0 spiro atoms. The van der Waals surface area contributed by atoms with Crippen LogP contribution in [0.15, 0.2) is 24.3 Å². The Bertz CT molecular complexity index is 764. The molecule has 4 fully saturated rings. The maximum atomic E-state index is 12.5. The van der Waals surface area contributed by atoms with Crippen molar-refractivity contribution in [3.05, 3.63) is 35.4 Å². The summed E-state index contributed by atoms with van der Waals surface area (Å²) >= 11 is 0. The van der Waals surface area contributed by atoms with E-state index in [1.54, 1.807) is 12.1 Å². The van der Waals surface area contributed by atoms with Crippen LogP contribution in [0.4, 0.5) is 0 Å². The van der Waals surface area contributed by atoms with Crippen LogP contribution in [0.25, 0.3) is 0 Å². The fourth-order valence-electron chi connectivity index (χ4n) is 6.51. The van der Waals surface area contributed by atoms with Crippen molar-refractivity contribution in [3.63, 3.8) is 0 Å². The Morgan fingerprint density at radius 1 is 0.833 bits per heavy atom. The Hall–Kier alpha value is -2.17. The van der Waals surface area contributed by atoms with E-state index < -0.39 is 0 Å². The van der Waals surface area contributed by atoms with Crippen molar-refractivity contribution in [1.82, 2.24) is 10.6 Å². The molecule has 5 rings (SSSR count). The molecule has 0 saturated heterocycles. The molecule has 4 aliphatic rings. The van der Waals surface area contributed by atoms with Crippen LogP contribution in [0.1, 0.15) is 73.7 Å². The predicted octanol–water partition coefficient (Wildman–Crippen LogP) is 3.80. The summed E-state index contributed by atoms with van der Waals surface area (Å²) in [6.07, 6.45) is 8.89. The molecule has 0 aromatic heterocycles. The zero-order chi connectivity index (χ0) is 21.1. The van der Waals surface area contributed by atoms with Crippen molar-refractivity contribution < 1.29 is 14.4 Å². The minimum atomic E-state index is -0.147. The Kier molecular flexibility index (Phi) is 6.26. The Morgan fingerprint density at radius 2 is 1.37 bits per heavy atom. The van der Waals surface area contributed by atoms with E-state index in [-0.39, 0.29) is 35.9 Å². The number of carbonyl (C=O) groups excluding carboxylic acids is 3. The Labute approximate surface area is 179 Å². The third-order valence-electron chi connectivity index (χ3n) is 7.42. The van der Waals surface area contributed by atoms with Crippen molar-refractivity contribution in [2.24, 2.45) is 23.2 Å². The quantitative estimate of drug-likeness (QED) is 0.480. The second-order valence-electron chi connectivity index (χ2n) is 10.1. The zero-order valence-electron chi connectivity index (χ0n) is 18.0. The summed E-state index contributed by atoms with van der Waals surface area (Å²) in [5.74, 6) is 2.52. The maximum Gasteiger partial charge on any atom is 0.220 e. The topological polar surface area (TPSA) is 75.3 Å². The van der Waals surface area contributed by atoms with Crippen LogP contribution >= 0.6 is 0 Å². The summed E-state index contributed by atoms with van der Waals surface area (Å²) in [5.41, 5.74) is 2.00. The number of Topliss-reactive ketones (excluding diaryl/α,β-unsaturated/α-hetero) is 1. The molecule has 5 heteroatoms. The van der Waals surface area contributed by atoms with Gasteiger partial charge in [-0.25, -0.2) is 0 Å². The fourth-order valence-corrected chi connectivity index (χ4v) is 6.51. The van der Waals surface area contributed by atoms with Gasteiger partial charge in [0.15, 0.2) is 5.78 Å². The number of carbonyl (C=O) groups is 3. The summed E-state index contributed by atoms with van der Waals surface area (Å²) in [7, 11) is 0. The molecule has 0 heterocycles. The molecule has 5 nitrogen and oxygen atoms in total. The molecule has 2 N–H and O–H groups in total. The molecule has 0 atom stereocenters. The van der Waals surface area contributed by atoms with Gasteiger partial charge in [0.05, 0.1) is 0 Å². The first-order chi connectivity index (χ1) is 14.4. The van der Waals surface area contributed by atoms with E-state index in [1.165, 1.54) is 38.5 Å². The third-order valence-corrected chi connectivity index (χ3v) is 7.42. The highest BCUT2D eigenvalue weighted by atomic mass is 16.2. The minimum Gasteiger partial charge on any atom is -0.354 e. The van der Waals surface area contributed by atoms with Gasteiger partial charge in [-0.15, -0.1) is 0 Å². The average molecular weight is 411 g/mol. The number of benzene rings is 1. The molecule has 30 heavy (non-hydrogen) atoms. The molecule has 4 saturated carbocycles. The number of nitrogens with one attached hydrogen (secondary N) is 2. The molecule has 2 amide bonds. The van der Waals surface area contributed by atoms with E-state index in [9.17, 15) is 14.4 Å². The largest absolute Gasteiger partial charge is 0.354 e. The lowest BCUT2D eigenvalue weighted by Gasteiger charge is -2.56. The molecule has 0 unspecified atom stereocenters. The van der Waals surface area contributed by atoms with Gasteiger partial charge in [0.2, 0.25) is 11.8 Å². The van der Waals surface area contributed by atoms with Gasteiger partial charge in [-0.05, 0) is 68.6 Å². The fraction of sp³-hybridized carbons (Fsp3) is 0.640. The summed E-state index contributed by atoms with van der Waals surface area (Å²) in [6, 6.07) is 7.41. The van der Waals surface area contributed by atoms with E-state index >= 15 is 0 Å². The van der Waals surface area contributed by atoms with Crippen LogP contribution in [0.5, 0.6) is 0 Å². The van der Waals surface area contributed by atoms with Crippen LogP contribution in [0.3, 0.4) is 0 Å². The molecule has 1 aromatic rings. The van der Waals surface area contributed by atoms with Crippen LogP contribution in [-0.4, -0.2) is 30.7 Å². The molecular formula is C25H34N2O3. The predicted molar refractivity (Wildman–Crippen MR) is 116 cm³/mol. The summed E-state index contributed by atoms with van der Waals surface area (Å²) in [6.45, 7) is 2.83. The lowest BCUT2D eigenvalue weighted by atomic mass is 9.49. The van der Waals surface area contributed by atoms with Gasteiger partial charge < -0.3 is 10.6 Å². The summed E-state index contributed by atoms with van der Waals surface area (Å²) < 4.78 is 0. The first kappa shape index (κ1) is 21.1. The smallest absolute Gasteiger partial charge is 0.220 e. The number of aryl methyl sites for hydroxylation is 1. The highest BCUT2D eigenvalue weighted by Gasteiger charge is 2.51. The third kappa shape index (κ3) is 5.11. The second kappa shape index (κ2) is 8.91. The molecule has 162 valence electrons. The van der Waals surface area contributed by atoms with E-state index in [2.05, 4.69) is 10.6 Å². The number of hydrogen-bond acceptors (Lipinski definition) is 3. The molecule has 1 aromatic carbocycles. The van der Waals surface area contributed by atoms with Gasteiger partial charge in [0.25, 0.3) is 0 Å². The van der Waals surface area contributed by atoms with E-state index in [1.807, 2.05) is 19.1 Å². The van der Waals surface area contributed by atoms with Crippen molar-refractivity contribution in [2.45, 2.75) is 64.7 Å². The standard InChI is InChI=1S/C25H34N2O3/c1-17-2-4-21(5-3-17)22(28)6-7-23(29)26-8-9-27-24(30)16-25-13-18-10-19(14-25)12-20(11-18)15-25/h2-5,18-20H,6-16H2,1H3,(H,26,29)(H,27,30). The molecule has 0 aliphatic heterocycles. The van der Waals surface area contributed by atoms with Gasteiger partial charge >= 0.3 is 0 Å². The lowest BCUT2D eigenvalue weighted by molar-refractivity contribution is -0.129. The van der Waals surface area contributed by atoms with Gasteiger partial charge in [-0.3, -0.25) is 14.4 Å². The molecular weight excluding hydrogens is 376 g/mol. The Balaban J connectivity index is 1.11. The van der Waals surface area contributed by atoms with Crippen molar-refractivity contribution >= 4 is 17.6 Å². The monoisotopic (exact) mass is 410 g/mol. The van der Waals surface area contributed by atoms with E-state index in [0.29, 0.717) is 25.1 Å². The summed E-state index contributed by atoms with van der Waals surface area (Å²) in [5, 5.41) is 5.80. The highest BCUT2D eigenvalue weighted by Crippen LogP contribution is 2.61. The van der Waals surface area contributed by atoms with Crippen LogP contribution in [0.2, 0.25) is 0 Å². The molecule has 4 aliphatic carbocycles. The van der Waals surface area contributed by atoms with Gasteiger partial charge in [-0.1, -0.05) is 29.8 Å². The first-order valence-electron chi connectivity index (χ1n) is 11.5. The SMILES string of the molecule is Cc1ccc(C(=O)CCC(=O)NCCNC(=O)CC23CC4CC(CC(C4)C2)C3)cc1.